The van der Waals surface area contributed by atoms with Crippen molar-refractivity contribution in [2.24, 2.45) is 0 Å². The fourth-order valence-electron chi connectivity index (χ4n) is 3.03. The van der Waals surface area contributed by atoms with Gasteiger partial charge in [-0.1, -0.05) is 30.7 Å². The van der Waals surface area contributed by atoms with Crippen LogP contribution in [0.1, 0.15) is 32.6 Å². The number of benzene rings is 1. The normalized spacial score (nSPS) is 18.2. The molecule has 122 valence electrons. The summed E-state index contributed by atoms with van der Waals surface area (Å²) in [5.41, 5.74) is 0.720. The van der Waals surface area contributed by atoms with Crippen molar-refractivity contribution in [2.75, 3.05) is 6.54 Å². The summed E-state index contributed by atoms with van der Waals surface area (Å²) in [7, 11) is 0. The van der Waals surface area contributed by atoms with Crippen LogP contribution in [0.25, 0.3) is 11.4 Å². The number of likely N-dealkylation sites (tertiary alicyclic amines) is 1. The van der Waals surface area contributed by atoms with Crippen molar-refractivity contribution >= 4 is 17.5 Å². The van der Waals surface area contributed by atoms with Crippen molar-refractivity contribution in [2.45, 2.75) is 45.2 Å². The van der Waals surface area contributed by atoms with Crippen LogP contribution in [0.5, 0.6) is 0 Å². The van der Waals surface area contributed by atoms with Gasteiger partial charge in [0.1, 0.15) is 6.54 Å². The van der Waals surface area contributed by atoms with Crippen LogP contribution in [0.15, 0.2) is 24.3 Å². The van der Waals surface area contributed by atoms with Gasteiger partial charge in [0.05, 0.1) is 5.02 Å². The van der Waals surface area contributed by atoms with E-state index in [1.54, 1.807) is 6.07 Å². The lowest BCUT2D eigenvalue weighted by molar-refractivity contribution is -0.136. The molecule has 1 atom stereocenters. The zero-order chi connectivity index (χ0) is 16.2. The van der Waals surface area contributed by atoms with Crippen LogP contribution < -0.4 is 0 Å². The minimum absolute atomic E-state index is 0.0552. The maximum atomic E-state index is 12.5. The van der Waals surface area contributed by atoms with Gasteiger partial charge in [-0.3, -0.25) is 4.79 Å². The maximum Gasteiger partial charge on any atom is 0.246 e. The number of nitrogens with zero attached hydrogens (tertiary/aromatic N) is 5. The van der Waals surface area contributed by atoms with E-state index < -0.39 is 0 Å². The molecule has 1 aromatic carbocycles. The molecule has 0 bridgehead atoms. The van der Waals surface area contributed by atoms with Crippen molar-refractivity contribution in [1.29, 1.82) is 0 Å². The third-order valence-corrected chi connectivity index (χ3v) is 4.59. The number of hydrogen-bond acceptors (Lipinski definition) is 4. The van der Waals surface area contributed by atoms with E-state index in [2.05, 4.69) is 22.3 Å². The molecule has 23 heavy (non-hydrogen) atoms. The second kappa shape index (κ2) is 7.08. The van der Waals surface area contributed by atoms with Gasteiger partial charge in [-0.15, -0.1) is 10.2 Å². The predicted octanol–water partition coefficient (Wildman–Crippen LogP) is 2.78. The van der Waals surface area contributed by atoms with Gasteiger partial charge in [0.15, 0.2) is 0 Å². The van der Waals surface area contributed by atoms with Gasteiger partial charge in [-0.05, 0) is 43.0 Å². The van der Waals surface area contributed by atoms with E-state index in [-0.39, 0.29) is 12.5 Å². The first-order chi connectivity index (χ1) is 11.2. The predicted molar refractivity (Wildman–Crippen MR) is 87.9 cm³/mol. The molecule has 0 unspecified atom stereocenters. The van der Waals surface area contributed by atoms with Gasteiger partial charge in [-0.25, -0.2) is 0 Å². The Bertz CT molecular complexity index is 687. The van der Waals surface area contributed by atoms with Gasteiger partial charge >= 0.3 is 0 Å². The van der Waals surface area contributed by atoms with Gasteiger partial charge in [0.25, 0.3) is 0 Å². The molecule has 1 aliphatic rings. The highest BCUT2D eigenvalue weighted by Crippen LogP contribution is 2.24. The lowest BCUT2D eigenvalue weighted by atomic mass is 10.00. The van der Waals surface area contributed by atoms with Crippen LogP contribution in [-0.4, -0.2) is 43.6 Å². The quantitative estimate of drug-likeness (QED) is 0.863. The maximum absolute atomic E-state index is 12.5. The third-order valence-electron chi connectivity index (χ3n) is 4.26. The third kappa shape index (κ3) is 3.52. The Labute approximate surface area is 140 Å². The largest absolute Gasteiger partial charge is 0.338 e. The summed E-state index contributed by atoms with van der Waals surface area (Å²) in [5.74, 6) is 0.494. The van der Waals surface area contributed by atoms with Crippen LogP contribution in [0.4, 0.5) is 0 Å². The van der Waals surface area contributed by atoms with Gasteiger partial charge in [0, 0.05) is 18.2 Å². The number of amides is 1. The van der Waals surface area contributed by atoms with E-state index in [1.165, 1.54) is 11.2 Å². The van der Waals surface area contributed by atoms with Crippen molar-refractivity contribution in [3.63, 3.8) is 0 Å². The number of rotatable bonds is 4. The Kier molecular flexibility index (Phi) is 4.91. The summed E-state index contributed by atoms with van der Waals surface area (Å²) in [6, 6.07) is 7.67. The molecule has 3 rings (SSSR count). The van der Waals surface area contributed by atoms with Crippen LogP contribution in [0, 0.1) is 0 Å². The average Bonchev–Trinajstić information content (AvgIpc) is 3.03. The zero-order valence-electron chi connectivity index (χ0n) is 13.2. The van der Waals surface area contributed by atoms with Crippen molar-refractivity contribution in [1.82, 2.24) is 25.1 Å². The lowest BCUT2D eigenvalue weighted by Gasteiger charge is -2.35. The summed E-state index contributed by atoms with van der Waals surface area (Å²) < 4.78 is 0. The molecule has 0 radical (unpaired) electrons. The number of hydrogen-bond donors (Lipinski definition) is 0. The van der Waals surface area contributed by atoms with Crippen LogP contribution in [-0.2, 0) is 11.3 Å². The fraction of sp³-hybridized carbons (Fsp3) is 0.500. The average molecular weight is 334 g/mol. The Hall–Kier alpha value is -1.95. The molecule has 1 amide bonds. The minimum atomic E-state index is 0.0552. The molecule has 0 aliphatic carbocycles. The van der Waals surface area contributed by atoms with Crippen LogP contribution >= 0.6 is 11.6 Å². The van der Waals surface area contributed by atoms with Gasteiger partial charge in [-0.2, -0.15) is 4.80 Å². The summed E-state index contributed by atoms with van der Waals surface area (Å²) in [4.78, 5) is 15.8. The number of aromatic nitrogens is 4. The molecule has 7 heteroatoms. The van der Waals surface area contributed by atoms with E-state index in [1.807, 2.05) is 23.1 Å². The fourth-order valence-corrected chi connectivity index (χ4v) is 3.25. The second-order valence-electron chi connectivity index (χ2n) is 5.77. The number of carbonyl (C=O) groups is 1. The molecular weight excluding hydrogens is 314 g/mol. The van der Waals surface area contributed by atoms with Crippen LogP contribution in [0.3, 0.4) is 0 Å². The Morgan fingerprint density at radius 2 is 2.17 bits per heavy atom. The first-order valence-corrected chi connectivity index (χ1v) is 8.39. The SMILES string of the molecule is CC[C@H]1CCCCN1C(=O)Cn1nnc(-c2ccccc2Cl)n1. The molecular formula is C16H20ClN5O. The smallest absolute Gasteiger partial charge is 0.246 e. The first kappa shape index (κ1) is 15.9. The van der Waals surface area contributed by atoms with E-state index >= 15 is 0 Å². The van der Waals surface area contributed by atoms with Gasteiger partial charge < -0.3 is 4.90 Å². The monoisotopic (exact) mass is 333 g/mol. The highest BCUT2D eigenvalue weighted by molar-refractivity contribution is 6.33. The topological polar surface area (TPSA) is 63.9 Å². The molecule has 1 aromatic heterocycles. The number of piperidine rings is 1. The molecule has 1 saturated heterocycles. The summed E-state index contributed by atoms with van der Waals surface area (Å²) >= 11 is 6.14. The highest BCUT2D eigenvalue weighted by atomic mass is 35.5. The van der Waals surface area contributed by atoms with Crippen molar-refractivity contribution in [3.05, 3.63) is 29.3 Å². The minimum Gasteiger partial charge on any atom is -0.338 e. The Morgan fingerprint density at radius 3 is 2.96 bits per heavy atom. The van der Waals surface area contributed by atoms with Crippen LogP contribution in [0.2, 0.25) is 5.02 Å². The summed E-state index contributed by atoms with van der Waals surface area (Å²) in [5, 5.41) is 12.9. The zero-order valence-corrected chi connectivity index (χ0v) is 13.9. The number of carbonyl (C=O) groups excluding carboxylic acids is 1. The first-order valence-electron chi connectivity index (χ1n) is 8.01. The summed E-state index contributed by atoms with van der Waals surface area (Å²) in [6.45, 7) is 3.07. The van der Waals surface area contributed by atoms with Crippen molar-refractivity contribution < 1.29 is 4.79 Å². The Balaban J connectivity index is 1.71. The molecule has 1 fully saturated rings. The Morgan fingerprint density at radius 1 is 1.35 bits per heavy atom. The molecule has 6 nitrogen and oxygen atoms in total. The van der Waals surface area contributed by atoms with Gasteiger partial charge in [0.2, 0.25) is 11.7 Å². The molecule has 2 aromatic rings. The van der Waals surface area contributed by atoms with E-state index in [9.17, 15) is 4.79 Å². The molecule has 1 aliphatic heterocycles. The lowest BCUT2D eigenvalue weighted by Crippen LogP contribution is -2.45. The molecule has 0 spiro atoms. The molecule has 0 N–H and O–H groups in total. The number of halogens is 1. The second-order valence-corrected chi connectivity index (χ2v) is 6.18. The summed E-state index contributed by atoms with van der Waals surface area (Å²) in [6.07, 6.45) is 4.33. The molecule has 2 heterocycles. The standard InChI is InChI=1S/C16H20ClN5O/c1-2-12-7-5-6-10-21(12)15(23)11-22-19-16(18-20-22)13-8-3-4-9-14(13)17/h3-4,8-9,12H,2,5-7,10-11H2,1H3/t12-/m0/s1. The highest BCUT2D eigenvalue weighted by Gasteiger charge is 2.26. The van der Waals surface area contributed by atoms with E-state index in [0.717, 1.165) is 31.4 Å². The molecule has 0 saturated carbocycles. The van der Waals surface area contributed by atoms with Crippen molar-refractivity contribution in [3.8, 4) is 11.4 Å². The van der Waals surface area contributed by atoms with E-state index in [4.69, 9.17) is 11.6 Å². The number of tetrazole rings is 1. The van der Waals surface area contributed by atoms with E-state index in [0.29, 0.717) is 16.9 Å².